The molecule has 1 aromatic carbocycles. The number of halogens is 3. The topological polar surface area (TPSA) is 76.1 Å². The summed E-state index contributed by atoms with van der Waals surface area (Å²) in [6, 6.07) is 4.88. The molecule has 0 fully saturated rings. The second-order valence-corrected chi connectivity index (χ2v) is 4.44. The Morgan fingerprint density at radius 2 is 1.86 bits per heavy atom. The molecule has 1 heterocycles. The van der Waals surface area contributed by atoms with Crippen molar-refractivity contribution in [1.29, 1.82) is 0 Å². The van der Waals surface area contributed by atoms with Gasteiger partial charge < -0.3 is 4.74 Å². The first-order valence-electron chi connectivity index (χ1n) is 6.00. The van der Waals surface area contributed by atoms with Crippen molar-refractivity contribution in [2.45, 2.75) is 5.92 Å². The van der Waals surface area contributed by atoms with Crippen LogP contribution in [0.15, 0.2) is 36.7 Å². The van der Waals surface area contributed by atoms with Gasteiger partial charge in [0, 0.05) is 18.0 Å². The summed E-state index contributed by atoms with van der Waals surface area (Å²) in [5.41, 5.74) is 3.58. The van der Waals surface area contributed by atoms with Crippen molar-refractivity contribution in [3.8, 4) is 5.75 Å². The zero-order chi connectivity index (χ0) is 16.2. The van der Waals surface area contributed by atoms with Gasteiger partial charge in [0.05, 0.1) is 7.11 Å². The first-order valence-corrected chi connectivity index (χ1v) is 6.38. The highest BCUT2D eigenvalue weighted by atomic mass is 35.5. The number of hydrogen-bond donors (Lipinski definition) is 2. The van der Waals surface area contributed by atoms with Gasteiger partial charge in [-0.1, -0.05) is 11.6 Å². The summed E-state index contributed by atoms with van der Waals surface area (Å²) in [5, 5.41) is -0.0597. The van der Waals surface area contributed by atoms with E-state index in [0.717, 1.165) is 12.1 Å². The van der Waals surface area contributed by atoms with Gasteiger partial charge >= 0.3 is 11.8 Å². The highest BCUT2D eigenvalue weighted by Crippen LogP contribution is 2.29. The summed E-state index contributed by atoms with van der Waals surface area (Å²) >= 11 is 5.68. The van der Waals surface area contributed by atoms with Crippen LogP contribution in [-0.4, -0.2) is 23.0 Å². The number of ether oxygens (including phenoxy) is 1. The predicted molar refractivity (Wildman–Crippen MR) is 75.7 cm³/mol. The summed E-state index contributed by atoms with van der Waals surface area (Å²) in [4.78, 5) is 19.1. The van der Waals surface area contributed by atoms with Crippen LogP contribution in [0.2, 0.25) is 5.15 Å². The molecule has 0 unspecified atom stereocenters. The van der Waals surface area contributed by atoms with E-state index in [4.69, 9.17) is 16.3 Å². The molecule has 0 aliphatic carbocycles. The van der Waals surface area contributed by atoms with E-state index in [0.29, 0.717) is 5.75 Å². The Balaban J connectivity index is 2.08. The number of carbonyl (C=O) groups excluding carboxylic acids is 1. The second-order valence-electron chi connectivity index (χ2n) is 4.08. The largest absolute Gasteiger partial charge is 0.497 e. The van der Waals surface area contributed by atoms with Gasteiger partial charge in [0.25, 0.3) is 0 Å². The Hall–Kier alpha value is -2.48. The minimum absolute atomic E-state index is 0.0388. The molecule has 22 heavy (non-hydrogen) atoms. The second kappa shape index (κ2) is 6.52. The van der Waals surface area contributed by atoms with E-state index in [1.807, 2.05) is 5.43 Å². The lowest BCUT2D eigenvalue weighted by Crippen LogP contribution is -2.41. The summed E-state index contributed by atoms with van der Waals surface area (Å²) in [7, 11) is 1.41. The molecule has 0 saturated heterocycles. The summed E-state index contributed by atoms with van der Waals surface area (Å²) in [5.74, 6) is -4.93. The van der Waals surface area contributed by atoms with E-state index in [1.165, 1.54) is 31.6 Å². The average molecular weight is 329 g/mol. The van der Waals surface area contributed by atoms with Gasteiger partial charge in [-0.15, -0.1) is 0 Å². The van der Waals surface area contributed by atoms with Gasteiger partial charge in [-0.05, 0) is 24.3 Å². The number of carbonyl (C=O) groups is 1. The van der Waals surface area contributed by atoms with Crippen molar-refractivity contribution in [3.63, 3.8) is 0 Å². The lowest BCUT2D eigenvalue weighted by atomic mass is 10.1. The first-order chi connectivity index (χ1) is 10.4. The highest BCUT2D eigenvalue weighted by molar-refractivity contribution is 6.31. The number of alkyl halides is 2. The lowest BCUT2D eigenvalue weighted by molar-refractivity contribution is -0.146. The number of nitrogens with zero attached hydrogens (tertiary/aromatic N) is 2. The average Bonchev–Trinajstić information content (AvgIpc) is 2.53. The zero-order valence-corrected chi connectivity index (χ0v) is 12.1. The SMILES string of the molecule is COc1ccc(C(F)(F)C(=O)NNc2nccnc2Cl)cc1. The van der Waals surface area contributed by atoms with Crippen molar-refractivity contribution in [2.24, 2.45) is 0 Å². The molecular weight excluding hydrogens is 318 g/mol. The number of methoxy groups -OCH3 is 1. The molecule has 0 saturated carbocycles. The Labute approximate surface area is 129 Å². The van der Waals surface area contributed by atoms with Crippen LogP contribution >= 0.6 is 11.6 Å². The number of rotatable bonds is 5. The monoisotopic (exact) mass is 328 g/mol. The molecule has 0 radical (unpaired) electrons. The molecule has 0 aliphatic rings. The van der Waals surface area contributed by atoms with Crippen LogP contribution in [0.5, 0.6) is 5.75 Å². The molecule has 6 nitrogen and oxygen atoms in total. The normalized spacial score (nSPS) is 10.9. The maximum atomic E-state index is 14.0. The maximum absolute atomic E-state index is 14.0. The van der Waals surface area contributed by atoms with Crippen molar-refractivity contribution >= 4 is 23.3 Å². The van der Waals surface area contributed by atoms with Crippen LogP contribution in [-0.2, 0) is 10.7 Å². The molecule has 0 bridgehead atoms. The molecule has 2 rings (SSSR count). The van der Waals surface area contributed by atoms with Crippen LogP contribution in [0.4, 0.5) is 14.6 Å². The molecule has 2 N–H and O–H groups in total. The van der Waals surface area contributed by atoms with Crippen molar-refractivity contribution < 1.29 is 18.3 Å². The fourth-order valence-electron chi connectivity index (χ4n) is 1.53. The minimum Gasteiger partial charge on any atom is -0.497 e. The lowest BCUT2D eigenvalue weighted by Gasteiger charge is -2.17. The third kappa shape index (κ3) is 3.40. The third-order valence-corrected chi connectivity index (χ3v) is 2.96. The van der Waals surface area contributed by atoms with E-state index < -0.39 is 17.4 Å². The minimum atomic E-state index is -3.74. The molecule has 2 aromatic rings. The fourth-order valence-corrected chi connectivity index (χ4v) is 1.68. The molecule has 116 valence electrons. The van der Waals surface area contributed by atoms with Crippen LogP contribution in [0.25, 0.3) is 0 Å². The van der Waals surface area contributed by atoms with E-state index in [-0.39, 0.29) is 11.0 Å². The van der Waals surface area contributed by atoms with Crippen LogP contribution < -0.4 is 15.6 Å². The Morgan fingerprint density at radius 3 is 2.45 bits per heavy atom. The van der Waals surface area contributed by atoms with Gasteiger partial charge in [-0.2, -0.15) is 8.78 Å². The number of amides is 1. The fraction of sp³-hybridized carbons (Fsp3) is 0.154. The van der Waals surface area contributed by atoms with Crippen LogP contribution in [0.1, 0.15) is 5.56 Å². The predicted octanol–water partition coefficient (Wildman–Crippen LogP) is 2.37. The third-order valence-electron chi connectivity index (χ3n) is 2.69. The smallest absolute Gasteiger partial charge is 0.351 e. The van der Waals surface area contributed by atoms with Crippen molar-refractivity contribution in [1.82, 2.24) is 15.4 Å². The van der Waals surface area contributed by atoms with Crippen molar-refractivity contribution in [2.75, 3.05) is 12.5 Å². The summed E-state index contributed by atoms with van der Waals surface area (Å²) < 4.78 is 32.9. The molecule has 9 heteroatoms. The van der Waals surface area contributed by atoms with Gasteiger partial charge in [0.1, 0.15) is 5.75 Å². The summed E-state index contributed by atoms with van der Waals surface area (Å²) in [6.45, 7) is 0. The number of aromatic nitrogens is 2. The quantitative estimate of drug-likeness (QED) is 0.824. The maximum Gasteiger partial charge on any atom is 0.351 e. The molecule has 0 atom stereocenters. The number of hydrazine groups is 1. The van der Waals surface area contributed by atoms with Crippen LogP contribution in [0.3, 0.4) is 0 Å². The molecule has 1 aromatic heterocycles. The van der Waals surface area contributed by atoms with E-state index >= 15 is 0 Å². The number of benzene rings is 1. The van der Waals surface area contributed by atoms with Crippen LogP contribution in [0, 0.1) is 0 Å². The Bertz CT molecular complexity index is 667. The number of nitrogens with one attached hydrogen (secondary N) is 2. The van der Waals surface area contributed by atoms with E-state index in [1.54, 1.807) is 0 Å². The van der Waals surface area contributed by atoms with E-state index in [9.17, 15) is 13.6 Å². The number of anilines is 1. The Kier molecular flexibility index (Phi) is 4.71. The van der Waals surface area contributed by atoms with Gasteiger partial charge in [-0.3, -0.25) is 15.6 Å². The standard InChI is InChI=1S/C13H11ClF2N4O2/c1-22-9-4-2-8(3-5-9)13(15,16)12(21)20-19-11-10(14)17-6-7-18-11/h2-7H,1H3,(H,18,19)(H,20,21). The molecule has 0 aliphatic heterocycles. The first kappa shape index (κ1) is 15.9. The highest BCUT2D eigenvalue weighted by Gasteiger charge is 2.41. The zero-order valence-electron chi connectivity index (χ0n) is 11.3. The van der Waals surface area contributed by atoms with Crippen molar-refractivity contribution in [3.05, 3.63) is 47.4 Å². The van der Waals surface area contributed by atoms with Gasteiger partial charge in [0.15, 0.2) is 11.0 Å². The summed E-state index contributed by atoms with van der Waals surface area (Å²) in [6.07, 6.45) is 2.61. The van der Waals surface area contributed by atoms with Gasteiger partial charge in [-0.25, -0.2) is 9.97 Å². The molecular formula is C13H11ClF2N4O2. The van der Waals surface area contributed by atoms with Gasteiger partial charge in [0.2, 0.25) is 0 Å². The Morgan fingerprint density at radius 1 is 1.23 bits per heavy atom. The molecule has 0 spiro atoms. The van der Waals surface area contributed by atoms with E-state index in [2.05, 4.69) is 15.4 Å². The molecule has 1 amide bonds. The number of hydrogen-bond acceptors (Lipinski definition) is 5.